The van der Waals surface area contributed by atoms with Gasteiger partial charge in [-0.1, -0.05) is 13.0 Å². The number of hydrogen-bond acceptors (Lipinski definition) is 8. The number of benzene rings is 1. The minimum atomic E-state index is -0.621. The predicted molar refractivity (Wildman–Crippen MR) is 75.7 cm³/mol. The first-order valence-corrected chi connectivity index (χ1v) is 5.95. The molecule has 0 aromatic heterocycles. The van der Waals surface area contributed by atoms with E-state index in [2.05, 4.69) is 10.5 Å². The standard InChI is InChI=1S/C12H14N4O4/c1-8-3-2-4-10(8)13-14-11-6-5-9(15(17)18)7-12(11)16(19)20/h2,4-8,14,19-20H,3H2,1H3/q-2/t8-/m0/s1. The summed E-state index contributed by atoms with van der Waals surface area (Å²) >= 11 is 0. The molecule has 0 unspecified atom stereocenters. The van der Waals surface area contributed by atoms with E-state index in [0.717, 1.165) is 18.2 Å². The quantitative estimate of drug-likeness (QED) is 0.724. The minimum Gasteiger partial charge on any atom is -0.769 e. The van der Waals surface area contributed by atoms with Crippen LogP contribution in [0.2, 0.25) is 0 Å². The largest absolute Gasteiger partial charge is 0.769 e. The molecule has 0 radical (unpaired) electrons. The van der Waals surface area contributed by atoms with Crippen LogP contribution in [0.15, 0.2) is 35.5 Å². The third kappa shape index (κ3) is 3.06. The van der Waals surface area contributed by atoms with Crippen LogP contribution in [0.1, 0.15) is 13.3 Å². The van der Waals surface area contributed by atoms with Crippen molar-refractivity contribution in [2.24, 2.45) is 11.0 Å². The summed E-state index contributed by atoms with van der Waals surface area (Å²) in [6.45, 7) is 2.02. The van der Waals surface area contributed by atoms with Gasteiger partial charge in [0.25, 0.3) is 0 Å². The van der Waals surface area contributed by atoms with Crippen LogP contribution in [0.4, 0.5) is 17.1 Å². The van der Waals surface area contributed by atoms with E-state index in [4.69, 9.17) is 10.4 Å². The zero-order valence-electron chi connectivity index (χ0n) is 10.7. The molecule has 1 aliphatic carbocycles. The summed E-state index contributed by atoms with van der Waals surface area (Å²) in [7, 11) is 0. The van der Waals surface area contributed by atoms with Gasteiger partial charge in [-0.25, -0.2) is 0 Å². The minimum absolute atomic E-state index is 0.154. The highest BCUT2D eigenvalue weighted by Gasteiger charge is 2.13. The Morgan fingerprint density at radius 3 is 2.65 bits per heavy atom. The summed E-state index contributed by atoms with van der Waals surface area (Å²) in [5.41, 5.74) is 3.36. The van der Waals surface area contributed by atoms with E-state index in [-0.39, 0.29) is 28.2 Å². The molecular formula is C12H14N4O4-2. The van der Waals surface area contributed by atoms with E-state index in [9.17, 15) is 10.4 Å². The van der Waals surface area contributed by atoms with Gasteiger partial charge < -0.3 is 15.6 Å². The number of allylic oxidation sites excluding steroid dienone is 2. The first-order chi connectivity index (χ1) is 9.49. The number of hydrogen-bond donors (Lipinski definition) is 3. The van der Waals surface area contributed by atoms with Crippen LogP contribution in [0.3, 0.4) is 0 Å². The van der Waals surface area contributed by atoms with Crippen molar-refractivity contribution in [1.29, 1.82) is 0 Å². The normalized spacial score (nSPS) is 19.4. The Morgan fingerprint density at radius 2 is 2.10 bits per heavy atom. The summed E-state index contributed by atoms with van der Waals surface area (Å²) < 4.78 is 0. The fourth-order valence-corrected chi connectivity index (χ4v) is 1.84. The second kappa shape index (κ2) is 5.88. The van der Waals surface area contributed by atoms with E-state index in [1.54, 1.807) is 0 Å². The van der Waals surface area contributed by atoms with Crippen LogP contribution in [0.5, 0.6) is 0 Å². The van der Waals surface area contributed by atoms with E-state index < -0.39 is 5.23 Å². The molecular weight excluding hydrogens is 264 g/mol. The first kappa shape index (κ1) is 14.3. The lowest BCUT2D eigenvalue weighted by Gasteiger charge is -2.37. The highest BCUT2D eigenvalue weighted by atomic mass is 16.8. The van der Waals surface area contributed by atoms with E-state index in [1.807, 2.05) is 19.1 Å². The molecule has 0 heterocycles. The highest BCUT2D eigenvalue weighted by Crippen LogP contribution is 2.29. The Bertz CT molecular complexity index is 542. The van der Waals surface area contributed by atoms with Gasteiger partial charge in [0.1, 0.15) is 5.69 Å². The summed E-state index contributed by atoms with van der Waals surface area (Å²) in [5, 5.41) is 42.9. The van der Waals surface area contributed by atoms with Gasteiger partial charge in [-0.15, -0.1) is 5.23 Å². The molecule has 8 heteroatoms. The van der Waals surface area contributed by atoms with E-state index >= 15 is 0 Å². The maximum Gasteiger partial charge on any atom is 0.121 e. The first-order valence-electron chi connectivity index (χ1n) is 5.95. The zero-order chi connectivity index (χ0) is 14.7. The number of anilines is 3. The van der Waals surface area contributed by atoms with Crippen molar-refractivity contribution in [2.75, 3.05) is 15.9 Å². The second-order valence-electron chi connectivity index (χ2n) is 4.44. The summed E-state index contributed by atoms with van der Waals surface area (Å²) in [6.07, 6.45) is 4.77. The molecule has 108 valence electrons. The Morgan fingerprint density at radius 1 is 1.35 bits per heavy atom. The van der Waals surface area contributed by atoms with Crippen LogP contribution in [0, 0.1) is 16.3 Å². The van der Waals surface area contributed by atoms with E-state index in [1.165, 1.54) is 12.1 Å². The van der Waals surface area contributed by atoms with Gasteiger partial charge in [0.15, 0.2) is 0 Å². The van der Waals surface area contributed by atoms with Crippen molar-refractivity contribution in [3.8, 4) is 0 Å². The van der Waals surface area contributed by atoms with Crippen LogP contribution in [0.25, 0.3) is 0 Å². The molecule has 0 spiro atoms. The molecule has 0 saturated heterocycles. The molecule has 1 aliphatic rings. The van der Waals surface area contributed by atoms with Gasteiger partial charge >= 0.3 is 0 Å². The predicted octanol–water partition coefficient (Wildman–Crippen LogP) is 2.44. The topological polar surface area (TPSA) is 117 Å². The molecule has 1 aromatic carbocycles. The van der Waals surface area contributed by atoms with Crippen LogP contribution < -0.4 is 15.9 Å². The third-order valence-corrected chi connectivity index (χ3v) is 3.00. The van der Waals surface area contributed by atoms with Crippen LogP contribution in [-0.4, -0.2) is 16.1 Å². The molecule has 3 N–H and O–H groups in total. The second-order valence-corrected chi connectivity index (χ2v) is 4.44. The molecule has 2 rings (SSSR count). The number of nitrogens with one attached hydrogen (secondary N) is 1. The number of hydrazone groups is 1. The number of nitrogens with zero attached hydrogens (tertiary/aromatic N) is 3. The molecule has 8 nitrogen and oxygen atoms in total. The van der Waals surface area contributed by atoms with Gasteiger partial charge in [-0.3, -0.25) is 15.8 Å². The van der Waals surface area contributed by atoms with Gasteiger partial charge in [-0.05, 0) is 30.7 Å². The molecule has 0 saturated carbocycles. The SMILES string of the molecule is C[C@H]1CC=CC1=NNc1ccc(N([O-])[O-])cc1N(O)O. The van der Waals surface area contributed by atoms with Crippen molar-refractivity contribution in [3.05, 3.63) is 40.8 Å². The Labute approximate surface area is 115 Å². The molecule has 0 fully saturated rings. The van der Waals surface area contributed by atoms with Crippen LogP contribution in [-0.2, 0) is 0 Å². The lowest BCUT2D eigenvalue weighted by atomic mass is 10.1. The maximum absolute atomic E-state index is 10.7. The monoisotopic (exact) mass is 278 g/mol. The molecule has 1 atom stereocenters. The summed E-state index contributed by atoms with van der Waals surface area (Å²) in [4.78, 5) is 0. The molecule has 0 bridgehead atoms. The smallest absolute Gasteiger partial charge is 0.121 e. The van der Waals surface area contributed by atoms with Crippen molar-refractivity contribution in [3.63, 3.8) is 0 Å². The number of rotatable bonds is 4. The lowest BCUT2D eigenvalue weighted by Crippen LogP contribution is -2.15. The molecule has 0 amide bonds. The zero-order valence-corrected chi connectivity index (χ0v) is 10.7. The fourth-order valence-electron chi connectivity index (χ4n) is 1.84. The van der Waals surface area contributed by atoms with Crippen molar-refractivity contribution in [1.82, 2.24) is 0 Å². The lowest BCUT2D eigenvalue weighted by molar-refractivity contribution is 0.0295. The highest BCUT2D eigenvalue weighted by molar-refractivity contribution is 5.99. The Balaban J connectivity index is 2.25. The van der Waals surface area contributed by atoms with Crippen molar-refractivity contribution in [2.45, 2.75) is 13.3 Å². The van der Waals surface area contributed by atoms with Crippen LogP contribution >= 0.6 is 0 Å². The Hall–Kier alpha value is -2.13. The van der Waals surface area contributed by atoms with Gasteiger partial charge in [0, 0.05) is 11.6 Å². The Kier molecular flexibility index (Phi) is 4.20. The molecule has 1 aromatic rings. The fraction of sp³-hybridized carbons (Fsp3) is 0.250. The average molecular weight is 278 g/mol. The van der Waals surface area contributed by atoms with Gasteiger partial charge in [0.2, 0.25) is 0 Å². The van der Waals surface area contributed by atoms with Crippen molar-refractivity contribution >= 4 is 22.8 Å². The molecule has 0 aliphatic heterocycles. The third-order valence-electron chi connectivity index (χ3n) is 3.00. The summed E-state index contributed by atoms with van der Waals surface area (Å²) in [5.74, 6) is 0.281. The van der Waals surface area contributed by atoms with E-state index in [0.29, 0.717) is 0 Å². The maximum atomic E-state index is 10.7. The summed E-state index contributed by atoms with van der Waals surface area (Å²) in [6, 6.07) is 3.65. The average Bonchev–Trinajstić information content (AvgIpc) is 2.81. The van der Waals surface area contributed by atoms with Crippen molar-refractivity contribution < 1.29 is 10.4 Å². The molecule has 20 heavy (non-hydrogen) atoms. The van der Waals surface area contributed by atoms with Gasteiger partial charge in [-0.2, -0.15) is 5.10 Å². The van der Waals surface area contributed by atoms with Gasteiger partial charge in [0.05, 0.1) is 11.4 Å².